The third-order valence-electron chi connectivity index (χ3n) is 5.26. The smallest absolute Gasteiger partial charge is 0.227 e. The third-order valence-corrected chi connectivity index (χ3v) is 5.26. The number of carbonyl (C=O) groups excluding carboxylic acids is 1. The zero-order valence-corrected chi connectivity index (χ0v) is 15.0. The van der Waals surface area contributed by atoms with Crippen LogP contribution in [0.15, 0.2) is 24.4 Å². The van der Waals surface area contributed by atoms with Crippen LogP contribution in [-0.4, -0.2) is 61.0 Å². The lowest BCUT2D eigenvalue weighted by Crippen LogP contribution is -2.36. The number of ether oxygens (including phenoxy) is 1. The minimum absolute atomic E-state index is 0.210. The minimum atomic E-state index is 0.210. The predicted octanol–water partition coefficient (Wildman–Crippen LogP) is 2.52. The number of aromatic amines is 1. The summed E-state index contributed by atoms with van der Waals surface area (Å²) in [6.07, 6.45) is 3.49. The van der Waals surface area contributed by atoms with E-state index >= 15 is 0 Å². The van der Waals surface area contributed by atoms with Crippen LogP contribution in [0.25, 0.3) is 10.9 Å². The summed E-state index contributed by atoms with van der Waals surface area (Å²) in [6, 6.07) is 6.38. The number of aromatic nitrogens is 1. The molecule has 1 aliphatic heterocycles. The van der Waals surface area contributed by atoms with Crippen molar-refractivity contribution in [2.75, 3.05) is 34.3 Å². The molecule has 2 heterocycles. The number of amides is 1. The molecule has 3 rings (SSSR count). The topological polar surface area (TPSA) is 48.6 Å². The van der Waals surface area contributed by atoms with Crippen molar-refractivity contribution in [3.8, 4) is 5.75 Å². The molecule has 1 aliphatic rings. The molecule has 1 saturated heterocycles. The molecule has 2 atom stereocenters. The molecule has 2 aromatic rings. The van der Waals surface area contributed by atoms with E-state index in [0.29, 0.717) is 18.4 Å². The highest BCUT2D eigenvalue weighted by Gasteiger charge is 2.35. The van der Waals surface area contributed by atoms with E-state index in [4.69, 9.17) is 4.74 Å². The van der Waals surface area contributed by atoms with E-state index in [0.717, 1.165) is 41.7 Å². The normalized spacial score (nSPS) is 21.0. The first kappa shape index (κ1) is 16.8. The summed E-state index contributed by atoms with van der Waals surface area (Å²) in [7, 11) is 5.87. The third kappa shape index (κ3) is 3.13. The average Bonchev–Trinajstić information content (AvgIpc) is 3.18. The van der Waals surface area contributed by atoms with Gasteiger partial charge < -0.3 is 19.5 Å². The maximum atomic E-state index is 12.8. The summed E-state index contributed by atoms with van der Waals surface area (Å²) >= 11 is 0. The minimum Gasteiger partial charge on any atom is -0.497 e. The molecular weight excluding hydrogens is 302 g/mol. The first-order valence-corrected chi connectivity index (χ1v) is 8.61. The summed E-state index contributed by atoms with van der Waals surface area (Å²) in [5.41, 5.74) is 2.08. The second-order valence-electron chi connectivity index (χ2n) is 6.90. The zero-order chi connectivity index (χ0) is 17.3. The van der Waals surface area contributed by atoms with E-state index in [1.54, 1.807) is 7.11 Å². The van der Waals surface area contributed by atoms with Gasteiger partial charge in [0.1, 0.15) is 5.75 Å². The number of fused-ring (bicyclic) bond motifs is 1. The molecule has 0 spiro atoms. The van der Waals surface area contributed by atoms with Crippen LogP contribution in [0.2, 0.25) is 0 Å². The van der Waals surface area contributed by atoms with Crippen molar-refractivity contribution in [1.82, 2.24) is 14.8 Å². The Morgan fingerprint density at radius 2 is 2.17 bits per heavy atom. The van der Waals surface area contributed by atoms with E-state index in [-0.39, 0.29) is 5.91 Å². The number of likely N-dealkylation sites (N-methyl/N-ethyl adjacent to an activating group) is 1. The summed E-state index contributed by atoms with van der Waals surface area (Å²) in [5, 5.41) is 1.07. The van der Waals surface area contributed by atoms with E-state index in [9.17, 15) is 4.79 Å². The molecule has 24 heavy (non-hydrogen) atoms. The predicted molar refractivity (Wildman–Crippen MR) is 96.4 cm³/mol. The SMILES string of the molecule is CC[C@H]1CN(C(=O)Cc2c[nH]c3ccc(OC)cc23)C[C@H]1N(C)C. The van der Waals surface area contributed by atoms with Gasteiger partial charge in [0.25, 0.3) is 0 Å². The molecule has 1 amide bonds. The van der Waals surface area contributed by atoms with Crippen molar-refractivity contribution in [1.29, 1.82) is 0 Å². The lowest BCUT2D eigenvalue weighted by atomic mass is 10.0. The maximum absolute atomic E-state index is 12.8. The summed E-state index contributed by atoms with van der Waals surface area (Å²) in [5.74, 6) is 1.59. The maximum Gasteiger partial charge on any atom is 0.227 e. The quantitative estimate of drug-likeness (QED) is 0.917. The van der Waals surface area contributed by atoms with Crippen LogP contribution in [0.5, 0.6) is 5.75 Å². The van der Waals surface area contributed by atoms with Crippen molar-refractivity contribution < 1.29 is 9.53 Å². The standard InChI is InChI=1S/C19H27N3O2/c1-5-13-11-22(12-18(13)21(2)3)19(23)8-14-10-20-17-7-6-15(24-4)9-16(14)17/h6-7,9-10,13,18,20H,5,8,11-12H2,1-4H3/t13-,18+/m0/s1. The molecule has 0 bridgehead atoms. The molecule has 1 aromatic carbocycles. The number of nitrogens with zero attached hydrogens (tertiary/aromatic N) is 2. The first-order valence-electron chi connectivity index (χ1n) is 8.61. The van der Waals surface area contributed by atoms with Gasteiger partial charge in [0.15, 0.2) is 0 Å². The molecule has 5 nitrogen and oxygen atoms in total. The Balaban J connectivity index is 1.76. The first-order chi connectivity index (χ1) is 11.5. The highest BCUT2D eigenvalue weighted by atomic mass is 16.5. The van der Waals surface area contributed by atoms with Crippen molar-refractivity contribution in [2.45, 2.75) is 25.8 Å². The highest BCUT2D eigenvalue weighted by Crippen LogP contribution is 2.27. The molecule has 1 fully saturated rings. The summed E-state index contributed by atoms with van der Waals surface area (Å²) in [6.45, 7) is 3.90. The molecule has 130 valence electrons. The number of hydrogen-bond acceptors (Lipinski definition) is 3. The summed E-state index contributed by atoms with van der Waals surface area (Å²) in [4.78, 5) is 20.3. The number of nitrogens with one attached hydrogen (secondary N) is 1. The fourth-order valence-electron chi connectivity index (χ4n) is 3.75. The van der Waals surface area contributed by atoms with Crippen LogP contribution in [0.1, 0.15) is 18.9 Å². The van der Waals surface area contributed by atoms with Crippen molar-refractivity contribution in [3.05, 3.63) is 30.0 Å². The van der Waals surface area contributed by atoms with E-state index in [1.165, 1.54) is 0 Å². The van der Waals surface area contributed by atoms with Gasteiger partial charge in [0, 0.05) is 36.2 Å². The Labute approximate surface area is 143 Å². The van der Waals surface area contributed by atoms with Crippen molar-refractivity contribution in [2.24, 2.45) is 5.92 Å². The van der Waals surface area contributed by atoms with Gasteiger partial charge in [-0.2, -0.15) is 0 Å². The van der Waals surface area contributed by atoms with Crippen LogP contribution < -0.4 is 4.74 Å². The van der Waals surface area contributed by atoms with Gasteiger partial charge in [-0.25, -0.2) is 0 Å². The Morgan fingerprint density at radius 1 is 1.38 bits per heavy atom. The monoisotopic (exact) mass is 329 g/mol. The Bertz CT molecular complexity index is 722. The number of carbonyl (C=O) groups is 1. The van der Waals surface area contributed by atoms with Gasteiger partial charge in [-0.1, -0.05) is 13.3 Å². The largest absolute Gasteiger partial charge is 0.497 e. The Morgan fingerprint density at radius 3 is 2.79 bits per heavy atom. The van der Waals surface area contributed by atoms with Crippen LogP contribution in [0.3, 0.4) is 0 Å². The van der Waals surface area contributed by atoms with Gasteiger partial charge in [0.05, 0.1) is 13.5 Å². The lowest BCUT2D eigenvalue weighted by molar-refractivity contribution is -0.129. The molecular formula is C19H27N3O2. The van der Waals surface area contributed by atoms with E-state index in [2.05, 4.69) is 30.9 Å². The van der Waals surface area contributed by atoms with Gasteiger partial charge >= 0.3 is 0 Å². The molecule has 0 radical (unpaired) electrons. The molecule has 0 aliphatic carbocycles. The zero-order valence-electron chi connectivity index (χ0n) is 15.0. The molecule has 0 unspecified atom stereocenters. The number of H-pyrrole nitrogens is 1. The van der Waals surface area contributed by atoms with Crippen LogP contribution in [-0.2, 0) is 11.2 Å². The lowest BCUT2D eigenvalue weighted by Gasteiger charge is -2.23. The number of hydrogen-bond donors (Lipinski definition) is 1. The number of rotatable bonds is 5. The number of likely N-dealkylation sites (tertiary alicyclic amines) is 1. The van der Waals surface area contributed by atoms with Crippen molar-refractivity contribution >= 4 is 16.8 Å². The van der Waals surface area contributed by atoms with Gasteiger partial charge in [-0.3, -0.25) is 4.79 Å². The van der Waals surface area contributed by atoms with Crippen LogP contribution >= 0.6 is 0 Å². The summed E-state index contributed by atoms with van der Waals surface area (Å²) < 4.78 is 5.31. The molecule has 0 saturated carbocycles. The fraction of sp³-hybridized carbons (Fsp3) is 0.526. The van der Waals surface area contributed by atoms with Gasteiger partial charge in [-0.15, -0.1) is 0 Å². The van der Waals surface area contributed by atoms with E-state index < -0.39 is 0 Å². The molecule has 1 aromatic heterocycles. The van der Waals surface area contributed by atoms with Crippen LogP contribution in [0, 0.1) is 5.92 Å². The Hall–Kier alpha value is -2.01. The van der Waals surface area contributed by atoms with Gasteiger partial charge in [0.2, 0.25) is 5.91 Å². The molecule has 5 heteroatoms. The van der Waals surface area contributed by atoms with Crippen molar-refractivity contribution in [3.63, 3.8) is 0 Å². The van der Waals surface area contributed by atoms with Crippen LogP contribution in [0.4, 0.5) is 0 Å². The second-order valence-corrected chi connectivity index (χ2v) is 6.90. The number of benzene rings is 1. The highest BCUT2D eigenvalue weighted by molar-refractivity contribution is 5.89. The average molecular weight is 329 g/mol. The Kier molecular flexibility index (Phi) is 4.81. The van der Waals surface area contributed by atoms with Gasteiger partial charge in [-0.05, 0) is 43.8 Å². The molecule has 1 N–H and O–H groups in total. The second kappa shape index (κ2) is 6.85. The van der Waals surface area contributed by atoms with E-state index in [1.807, 2.05) is 29.3 Å². The number of methoxy groups -OCH3 is 1. The fourth-order valence-corrected chi connectivity index (χ4v) is 3.75.